The zero-order chi connectivity index (χ0) is 16.2. The number of carbonyl (C=O) groups excluding carboxylic acids is 1. The van der Waals surface area contributed by atoms with Crippen LogP contribution in [0.15, 0.2) is 30.3 Å². The number of hydrogen-bond donors (Lipinski definition) is 1. The van der Waals surface area contributed by atoms with Crippen LogP contribution < -0.4 is 5.73 Å². The van der Waals surface area contributed by atoms with Crippen LogP contribution in [0.5, 0.6) is 0 Å². The molecule has 0 aromatic heterocycles. The van der Waals surface area contributed by atoms with Gasteiger partial charge in [0.2, 0.25) is 5.91 Å². The lowest BCUT2D eigenvalue weighted by molar-refractivity contribution is -0.139. The van der Waals surface area contributed by atoms with Crippen molar-refractivity contribution in [2.45, 2.75) is 50.8 Å². The zero-order valence-corrected chi connectivity index (χ0v) is 15.2. The molecular weight excluding hydrogens is 324 g/mol. The molecule has 4 nitrogen and oxygen atoms in total. The summed E-state index contributed by atoms with van der Waals surface area (Å²) < 4.78 is 5.48. The van der Waals surface area contributed by atoms with Crippen LogP contribution in [0.25, 0.3) is 0 Å². The largest absolute Gasteiger partial charge is 0.380 e. The van der Waals surface area contributed by atoms with Gasteiger partial charge in [-0.25, -0.2) is 0 Å². The van der Waals surface area contributed by atoms with E-state index in [1.165, 1.54) is 18.4 Å². The normalized spacial score (nSPS) is 26.5. The van der Waals surface area contributed by atoms with Gasteiger partial charge in [0.15, 0.2) is 0 Å². The van der Waals surface area contributed by atoms with E-state index in [1.54, 1.807) is 7.11 Å². The number of rotatable bonds is 6. The maximum absolute atomic E-state index is 13.1. The average Bonchev–Trinajstić information content (AvgIpc) is 3.39. The molecule has 3 rings (SSSR count). The minimum Gasteiger partial charge on any atom is -0.380 e. The van der Waals surface area contributed by atoms with Crippen molar-refractivity contribution < 1.29 is 9.53 Å². The summed E-state index contributed by atoms with van der Waals surface area (Å²) in [4.78, 5) is 15.1. The second kappa shape index (κ2) is 8.84. The first-order valence-electron chi connectivity index (χ1n) is 8.78. The molecule has 0 radical (unpaired) electrons. The quantitative estimate of drug-likeness (QED) is 0.856. The fourth-order valence-electron chi connectivity index (χ4n) is 3.55. The third-order valence-electron chi connectivity index (χ3n) is 5.20. The Bertz CT molecular complexity index is 521. The molecule has 0 spiro atoms. The van der Waals surface area contributed by atoms with Crippen molar-refractivity contribution in [1.82, 2.24) is 4.90 Å². The molecule has 0 bridgehead atoms. The third-order valence-corrected chi connectivity index (χ3v) is 5.20. The van der Waals surface area contributed by atoms with Crippen LogP contribution in [-0.4, -0.2) is 36.6 Å². The second-order valence-corrected chi connectivity index (χ2v) is 7.10. The first kappa shape index (κ1) is 19.2. The van der Waals surface area contributed by atoms with E-state index in [0.717, 1.165) is 32.4 Å². The molecule has 1 amide bonds. The first-order chi connectivity index (χ1) is 11.2. The second-order valence-electron chi connectivity index (χ2n) is 7.10. The highest BCUT2D eigenvalue weighted by molar-refractivity contribution is 5.85. The van der Waals surface area contributed by atoms with Crippen LogP contribution in [0, 0.1) is 11.8 Å². The molecule has 2 fully saturated rings. The molecule has 0 heterocycles. The van der Waals surface area contributed by atoms with Crippen LogP contribution in [0.2, 0.25) is 0 Å². The predicted octanol–water partition coefficient (Wildman–Crippen LogP) is 2.99. The van der Waals surface area contributed by atoms with Gasteiger partial charge < -0.3 is 15.4 Å². The van der Waals surface area contributed by atoms with Gasteiger partial charge in [0.05, 0.1) is 6.10 Å². The number of nitrogens with two attached hydrogens (primary N) is 1. The van der Waals surface area contributed by atoms with E-state index in [1.807, 2.05) is 18.2 Å². The molecule has 2 saturated carbocycles. The molecule has 3 atom stereocenters. The molecule has 1 aromatic carbocycles. The maximum atomic E-state index is 13.1. The molecule has 2 aliphatic carbocycles. The van der Waals surface area contributed by atoms with Crippen molar-refractivity contribution in [2.75, 3.05) is 13.7 Å². The molecular formula is C19H29ClN2O2. The SMILES string of the molecule is CO[C@@H]1C[C@@H](C(=O)N(Cc2ccccc2)CC2CC2)CC[C@H]1N.Cl. The molecule has 0 unspecified atom stereocenters. The van der Waals surface area contributed by atoms with Gasteiger partial charge in [-0.3, -0.25) is 4.79 Å². The van der Waals surface area contributed by atoms with Crippen molar-refractivity contribution >= 4 is 18.3 Å². The number of amides is 1. The maximum Gasteiger partial charge on any atom is 0.226 e. The average molecular weight is 353 g/mol. The first-order valence-corrected chi connectivity index (χ1v) is 8.78. The van der Waals surface area contributed by atoms with E-state index in [-0.39, 0.29) is 36.4 Å². The molecule has 2 N–H and O–H groups in total. The van der Waals surface area contributed by atoms with Gasteiger partial charge in [-0.15, -0.1) is 12.4 Å². The monoisotopic (exact) mass is 352 g/mol. The van der Waals surface area contributed by atoms with E-state index in [4.69, 9.17) is 10.5 Å². The molecule has 0 aliphatic heterocycles. The third kappa shape index (κ3) is 4.95. The number of hydrogen-bond acceptors (Lipinski definition) is 3. The van der Waals surface area contributed by atoms with Gasteiger partial charge in [-0.05, 0) is 43.6 Å². The number of nitrogens with zero attached hydrogens (tertiary/aromatic N) is 1. The lowest BCUT2D eigenvalue weighted by Gasteiger charge is -2.35. The summed E-state index contributed by atoms with van der Waals surface area (Å²) in [5.74, 6) is 1.05. The van der Waals surface area contributed by atoms with Crippen molar-refractivity contribution in [2.24, 2.45) is 17.6 Å². The minimum atomic E-state index is 0. The van der Waals surface area contributed by atoms with Crippen LogP contribution >= 0.6 is 12.4 Å². The number of methoxy groups -OCH3 is 1. The molecule has 134 valence electrons. The number of halogens is 1. The van der Waals surface area contributed by atoms with E-state index in [0.29, 0.717) is 5.92 Å². The summed E-state index contributed by atoms with van der Waals surface area (Å²) in [7, 11) is 1.70. The van der Waals surface area contributed by atoms with E-state index < -0.39 is 0 Å². The van der Waals surface area contributed by atoms with E-state index in [2.05, 4.69) is 17.0 Å². The summed E-state index contributed by atoms with van der Waals surface area (Å²) in [5, 5.41) is 0. The Morgan fingerprint density at radius 2 is 1.92 bits per heavy atom. The van der Waals surface area contributed by atoms with Crippen LogP contribution in [-0.2, 0) is 16.1 Å². The van der Waals surface area contributed by atoms with Gasteiger partial charge in [0.1, 0.15) is 0 Å². The fraction of sp³-hybridized carbons (Fsp3) is 0.632. The topological polar surface area (TPSA) is 55.6 Å². The van der Waals surface area contributed by atoms with Gasteiger partial charge in [-0.1, -0.05) is 30.3 Å². The van der Waals surface area contributed by atoms with Crippen LogP contribution in [0.4, 0.5) is 0 Å². The standard InChI is InChI=1S/C19H28N2O2.ClH/c1-23-18-11-16(9-10-17(18)20)19(22)21(13-15-7-8-15)12-14-5-3-2-4-6-14;/h2-6,15-18H,7-13,20H2,1H3;1H/t16-,17+,18+;/m0./s1. The van der Waals surface area contributed by atoms with E-state index in [9.17, 15) is 4.79 Å². The summed E-state index contributed by atoms with van der Waals surface area (Å²) in [5.41, 5.74) is 7.30. The van der Waals surface area contributed by atoms with Crippen molar-refractivity contribution in [3.63, 3.8) is 0 Å². The highest BCUT2D eigenvalue weighted by Gasteiger charge is 2.36. The Morgan fingerprint density at radius 3 is 2.54 bits per heavy atom. The summed E-state index contributed by atoms with van der Waals surface area (Å²) in [6.07, 6.45) is 5.04. The molecule has 24 heavy (non-hydrogen) atoms. The molecule has 5 heteroatoms. The smallest absolute Gasteiger partial charge is 0.226 e. The highest BCUT2D eigenvalue weighted by Crippen LogP contribution is 2.33. The number of ether oxygens (including phenoxy) is 1. The van der Waals surface area contributed by atoms with Gasteiger partial charge in [0, 0.05) is 32.2 Å². The summed E-state index contributed by atoms with van der Waals surface area (Å²) >= 11 is 0. The highest BCUT2D eigenvalue weighted by atomic mass is 35.5. The van der Waals surface area contributed by atoms with Crippen molar-refractivity contribution in [3.8, 4) is 0 Å². The molecule has 1 aromatic rings. The minimum absolute atomic E-state index is 0. The molecule has 2 aliphatic rings. The lowest BCUT2D eigenvalue weighted by Crippen LogP contribution is -2.46. The van der Waals surface area contributed by atoms with Crippen LogP contribution in [0.3, 0.4) is 0 Å². The zero-order valence-electron chi connectivity index (χ0n) is 14.4. The predicted molar refractivity (Wildman–Crippen MR) is 97.9 cm³/mol. The van der Waals surface area contributed by atoms with Gasteiger partial charge in [0.25, 0.3) is 0 Å². The Morgan fingerprint density at radius 1 is 1.21 bits per heavy atom. The van der Waals surface area contributed by atoms with Gasteiger partial charge >= 0.3 is 0 Å². The van der Waals surface area contributed by atoms with Crippen LogP contribution in [0.1, 0.15) is 37.7 Å². The summed E-state index contributed by atoms with van der Waals surface area (Å²) in [6.45, 7) is 1.62. The van der Waals surface area contributed by atoms with Crippen molar-refractivity contribution in [3.05, 3.63) is 35.9 Å². The van der Waals surface area contributed by atoms with Gasteiger partial charge in [-0.2, -0.15) is 0 Å². The van der Waals surface area contributed by atoms with E-state index >= 15 is 0 Å². The lowest BCUT2D eigenvalue weighted by atomic mass is 9.83. The number of carbonyl (C=O) groups is 1. The summed E-state index contributed by atoms with van der Waals surface area (Å²) in [6, 6.07) is 10.4. The Balaban J connectivity index is 0.00000208. The fourth-order valence-corrected chi connectivity index (χ4v) is 3.55. The Kier molecular flexibility index (Phi) is 7.08. The van der Waals surface area contributed by atoms with Crippen molar-refractivity contribution in [1.29, 1.82) is 0 Å². The molecule has 0 saturated heterocycles. The Labute approximate surface area is 151 Å². The number of benzene rings is 1. The Hall–Kier alpha value is -1.10.